The molecule has 102 valence electrons. The molecule has 0 spiro atoms. The van der Waals surface area contributed by atoms with Crippen LogP contribution in [-0.2, 0) is 14.8 Å². The van der Waals surface area contributed by atoms with Crippen molar-refractivity contribution in [1.29, 1.82) is 0 Å². The number of ether oxygens (including phenoxy) is 2. The first-order valence-electron chi connectivity index (χ1n) is 5.63. The molecule has 1 rings (SSSR count). The number of rotatable bonds is 6. The molecule has 0 aliphatic carbocycles. The van der Waals surface area contributed by atoms with Crippen LogP contribution in [0.2, 0.25) is 0 Å². The number of sulfonamides is 1. The maximum atomic E-state index is 11.5. The van der Waals surface area contributed by atoms with E-state index < -0.39 is 10.0 Å². The van der Waals surface area contributed by atoms with Gasteiger partial charge in [-0.2, -0.15) is 0 Å². The van der Waals surface area contributed by atoms with Crippen LogP contribution >= 0.6 is 0 Å². The van der Waals surface area contributed by atoms with E-state index in [1.165, 1.54) is 6.07 Å². The van der Waals surface area contributed by atoms with Crippen molar-refractivity contribution in [1.82, 2.24) is 0 Å². The summed E-state index contributed by atoms with van der Waals surface area (Å²) in [6.45, 7) is 4.20. The minimum absolute atomic E-state index is 0.0202. The summed E-state index contributed by atoms with van der Waals surface area (Å²) in [5.74, 6) is 0.284. The first kappa shape index (κ1) is 14.9. The molecule has 18 heavy (non-hydrogen) atoms. The Kier molecular flexibility index (Phi) is 5.13. The topological polar surface area (TPSA) is 78.6 Å². The van der Waals surface area contributed by atoms with E-state index in [4.69, 9.17) is 14.6 Å². The Morgan fingerprint density at radius 3 is 2.61 bits per heavy atom. The highest BCUT2D eigenvalue weighted by Gasteiger charge is 2.17. The third kappa shape index (κ3) is 4.29. The molecular weight excluding hydrogens is 254 g/mol. The van der Waals surface area contributed by atoms with Gasteiger partial charge in [0, 0.05) is 20.1 Å². The summed E-state index contributed by atoms with van der Waals surface area (Å²) >= 11 is 0. The van der Waals surface area contributed by atoms with Gasteiger partial charge in [0.2, 0.25) is 10.0 Å². The zero-order valence-electron chi connectivity index (χ0n) is 10.8. The molecule has 0 saturated heterocycles. The van der Waals surface area contributed by atoms with Crippen LogP contribution in [0.15, 0.2) is 23.1 Å². The summed E-state index contributed by atoms with van der Waals surface area (Å²) in [5, 5.41) is 5.17. The quantitative estimate of drug-likeness (QED) is 0.850. The maximum absolute atomic E-state index is 11.5. The van der Waals surface area contributed by atoms with Crippen LogP contribution < -0.4 is 9.88 Å². The molecular formula is C12H19NO4S. The third-order valence-electron chi connectivity index (χ3n) is 2.46. The van der Waals surface area contributed by atoms with Gasteiger partial charge >= 0.3 is 0 Å². The van der Waals surface area contributed by atoms with Gasteiger partial charge in [0.15, 0.2) is 0 Å². The van der Waals surface area contributed by atoms with Gasteiger partial charge in [0.1, 0.15) is 10.6 Å². The molecule has 0 amide bonds. The Morgan fingerprint density at radius 1 is 1.39 bits per heavy atom. The molecule has 0 radical (unpaired) electrons. The van der Waals surface area contributed by atoms with Crippen LogP contribution in [0.5, 0.6) is 5.75 Å². The summed E-state index contributed by atoms with van der Waals surface area (Å²) < 4.78 is 33.5. The molecule has 1 aromatic carbocycles. The van der Waals surface area contributed by atoms with Gasteiger partial charge < -0.3 is 9.47 Å². The van der Waals surface area contributed by atoms with Crippen molar-refractivity contribution in [3.05, 3.63) is 23.8 Å². The second kappa shape index (κ2) is 6.17. The molecule has 1 atom stereocenters. The van der Waals surface area contributed by atoms with Crippen molar-refractivity contribution >= 4 is 10.0 Å². The molecule has 1 aromatic rings. The van der Waals surface area contributed by atoms with E-state index in [2.05, 4.69) is 0 Å². The second-order valence-corrected chi connectivity index (χ2v) is 5.73. The van der Waals surface area contributed by atoms with Gasteiger partial charge in [0.05, 0.1) is 6.10 Å². The van der Waals surface area contributed by atoms with Crippen LogP contribution in [0.4, 0.5) is 0 Å². The molecule has 1 unspecified atom stereocenters. The number of aryl methyl sites for hydroxylation is 1. The predicted molar refractivity (Wildman–Crippen MR) is 69.1 cm³/mol. The van der Waals surface area contributed by atoms with Gasteiger partial charge in [-0.15, -0.1) is 0 Å². The average Bonchev–Trinajstić information content (AvgIpc) is 2.27. The smallest absolute Gasteiger partial charge is 0.241 e. The fourth-order valence-corrected chi connectivity index (χ4v) is 2.24. The first-order chi connectivity index (χ1) is 8.34. The van der Waals surface area contributed by atoms with E-state index in [-0.39, 0.29) is 16.7 Å². The molecule has 0 heterocycles. The Bertz CT molecular complexity index is 499. The number of primary sulfonamides is 1. The molecule has 0 aliphatic rings. The van der Waals surface area contributed by atoms with Gasteiger partial charge in [-0.1, -0.05) is 6.07 Å². The summed E-state index contributed by atoms with van der Waals surface area (Å²) in [7, 11) is -2.17. The van der Waals surface area contributed by atoms with Crippen molar-refractivity contribution < 1.29 is 17.9 Å². The Morgan fingerprint density at radius 2 is 2.06 bits per heavy atom. The monoisotopic (exact) mass is 273 g/mol. The SMILES string of the molecule is COCCC(C)Oc1ccc(C)cc1S(N)(=O)=O. The lowest BCUT2D eigenvalue weighted by Gasteiger charge is -2.16. The lowest BCUT2D eigenvalue weighted by molar-refractivity contribution is 0.133. The number of methoxy groups -OCH3 is 1. The summed E-state index contributed by atoms with van der Waals surface area (Å²) in [6, 6.07) is 4.92. The normalized spacial score (nSPS) is 13.3. The van der Waals surface area contributed by atoms with E-state index in [1.54, 1.807) is 26.2 Å². The lowest BCUT2D eigenvalue weighted by Crippen LogP contribution is -2.18. The van der Waals surface area contributed by atoms with Crippen molar-refractivity contribution in [2.24, 2.45) is 5.14 Å². The third-order valence-corrected chi connectivity index (χ3v) is 3.39. The molecule has 0 fully saturated rings. The first-order valence-corrected chi connectivity index (χ1v) is 7.18. The Labute approximate surface area is 108 Å². The zero-order valence-corrected chi connectivity index (χ0v) is 11.7. The van der Waals surface area contributed by atoms with Crippen LogP contribution in [0.25, 0.3) is 0 Å². The molecule has 5 nitrogen and oxygen atoms in total. The molecule has 6 heteroatoms. The molecule has 0 bridgehead atoms. The van der Waals surface area contributed by atoms with Gasteiger partial charge in [-0.25, -0.2) is 13.6 Å². The molecule has 0 aliphatic heterocycles. The number of nitrogens with two attached hydrogens (primary N) is 1. The van der Waals surface area contributed by atoms with Crippen molar-refractivity contribution in [2.75, 3.05) is 13.7 Å². The highest BCUT2D eigenvalue weighted by molar-refractivity contribution is 7.89. The average molecular weight is 273 g/mol. The van der Waals surface area contributed by atoms with Crippen LogP contribution in [-0.4, -0.2) is 28.2 Å². The van der Waals surface area contributed by atoms with Crippen molar-refractivity contribution in [2.45, 2.75) is 31.3 Å². The van der Waals surface area contributed by atoms with Crippen LogP contribution in [0.3, 0.4) is 0 Å². The number of hydrogen-bond acceptors (Lipinski definition) is 4. The Balaban J connectivity index is 2.95. The van der Waals surface area contributed by atoms with E-state index in [1.807, 2.05) is 6.92 Å². The van der Waals surface area contributed by atoms with E-state index >= 15 is 0 Å². The largest absolute Gasteiger partial charge is 0.489 e. The highest BCUT2D eigenvalue weighted by Crippen LogP contribution is 2.25. The van der Waals surface area contributed by atoms with Crippen molar-refractivity contribution in [3.8, 4) is 5.75 Å². The molecule has 0 saturated carbocycles. The van der Waals surface area contributed by atoms with Crippen LogP contribution in [0.1, 0.15) is 18.9 Å². The van der Waals surface area contributed by atoms with E-state index in [0.29, 0.717) is 13.0 Å². The van der Waals surface area contributed by atoms with Gasteiger partial charge in [-0.05, 0) is 31.5 Å². The van der Waals surface area contributed by atoms with Gasteiger partial charge in [0.25, 0.3) is 0 Å². The standard InChI is InChI=1S/C12H19NO4S/c1-9-4-5-11(12(8-9)18(13,14)15)17-10(2)6-7-16-3/h4-5,8,10H,6-7H2,1-3H3,(H2,13,14,15). The fraction of sp³-hybridized carbons (Fsp3) is 0.500. The number of hydrogen-bond donors (Lipinski definition) is 1. The second-order valence-electron chi connectivity index (χ2n) is 4.21. The minimum Gasteiger partial charge on any atom is -0.489 e. The highest BCUT2D eigenvalue weighted by atomic mass is 32.2. The molecule has 0 aromatic heterocycles. The maximum Gasteiger partial charge on any atom is 0.241 e. The van der Waals surface area contributed by atoms with E-state index in [0.717, 1.165) is 5.56 Å². The van der Waals surface area contributed by atoms with Crippen LogP contribution in [0, 0.1) is 6.92 Å². The minimum atomic E-state index is -3.78. The number of benzene rings is 1. The van der Waals surface area contributed by atoms with E-state index in [9.17, 15) is 8.42 Å². The summed E-state index contributed by atoms with van der Waals surface area (Å²) in [5.41, 5.74) is 0.816. The van der Waals surface area contributed by atoms with Crippen molar-refractivity contribution in [3.63, 3.8) is 0 Å². The Hall–Kier alpha value is -1.11. The lowest BCUT2D eigenvalue weighted by atomic mass is 10.2. The molecule has 2 N–H and O–H groups in total. The van der Waals surface area contributed by atoms with Gasteiger partial charge in [-0.3, -0.25) is 0 Å². The summed E-state index contributed by atoms with van der Waals surface area (Å²) in [6.07, 6.45) is 0.530. The fourth-order valence-electron chi connectivity index (χ4n) is 1.49. The predicted octanol–water partition coefficient (Wildman–Crippen LogP) is 1.45. The summed E-state index contributed by atoms with van der Waals surface area (Å²) in [4.78, 5) is 0.0202. The zero-order chi connectivity index (χ0) is 13.8.